The number of alkyl halides is 1. The van der Waals surface area contributed by atoms with Crippen LogP contribution in [0.2, 0.25) is 0 Å². The van der Waals surface area contributed by atoms with Gasteiger partial charge in [0.2, 0.25) is 0 Å². The van der Waals surface area contributed by atoms with E-state index in [9.17, 15) is 0 Å². The van der Waals surface area contributed by atoms with Gasteiger partial charge in [0.25, 0.3) is 0 Å². The first-order chi connectivity index (χ1) is 6.95. The first kappa shape index (κ1) is 15.4. The van der Waals surface area contributed by atoms with Crippen LogP contribution in [0.1, 0.15) is 27.7 Å². The highest BCUT2D eigenvalue weighted by Crippen LogP contribution is 2.28. The maximum atomic E-state index is 5.12. The summed E-state index contributed by atoms with van der Waals surface area (Å²) in [6.45, 7) is 13.2. The zero-order chi connectivity index (χ0) is 11.9. The molecule has 0 N–H and O–H groups in total. The van der Waals surface area contributed by atoms with Gasteiger partial charge in [0.1, 0.15) is 0 Å². The summed E-state index contributed by atoms with van der Waals surface area (Å²) in [5.74, 6) is 0.689. The molecule has 1 unspecified atom stereocenters. The fourth-order valence-corrected chi connectivity index (χ4v) is 2.64. The molecule has 0 aliphatic heterocycles. The van der Waals surface area contributed by atoms with Crippen LogP contribution < -0.4 is 0 Å². The molecule has 0 radical (unpaired) electrons. The second kappa shape index (κ2) is 7.64. The third-order valence-corrected chi connectivity index (χ3v) is 3.73. The van der Waals surface area contributed by atoms with Crippen LogP contribution in [0.3, 0.4) is 0 Å². The maximum Gasteiger partial charge on any atom is 0.0589 e. The van der Waals surface area contributed by atoms with Crippen molar-refractivity contribution in [1.29, 1.82) is 0 Å². The van der Waals surface area contributed by atoms with Gasteiger partial charge in [0.15, 0.2) is 0 Å². The molecule has 0 heterocycles. The van der Waals surface area contributed by atoms with Gasteiger partial charge in [0.05, 0.1) is 6.61 Å². The van der Waals surface area contributed by atoms with Crippen LogP contribution in [0, 0.1) is 11.3 Å². The molecule has 0 fully saturated rings. The van der Waals surface area contributed by atoms with Crippen LogP contribution in [0.25, 0.3) is 0 Å². The van der Waals surface area contributed by atoms with Gasteiger partial charge in [0, 0.05) is 25.5 Å². The minimum Gasteiger partial charge on any atom is -0.383 e. The van der Waals surface area contributed by atoms with Crippen LogP contribution in [0.15, 0.2) is 0 Å². The molecule has 0 saturated carbocycles. The predicted molar refractivity (Wildman–Crippen MR) is 70.7 cm³/mol. The van der Waals surface area contributed by atoms with Crippen LogP contribution in [-0.2, 0) is 4.74 Å². The molecule has 0 aliphatic rings. The molecule has 0 aromatic rings. The van der Waals surface area contributed by atoms with Crippen molar-refractivity contribution in [2.75, 3.05) is 38.7 Å². The van der Waals surface area contributed by atoms with Gasteiger partial charge in [-0.2, -0.15) is 0 Å². The van der Waals surface area contributed by atoms with E-state index in [1.165, 1.54) is 0 Å². The average Bonchev–Trinajstić information content (AvgIpc) is 2.16. The van der Waals surface area contributed by atoms with Crippen molar-refractivity contribution < 1.29 is 4.74 Å². The Balaban J connectivity index is 4.12. The molecule has 0 aromatic carbocycles. The number of halogens is 1. The average molecular weight is 280 g/mol. The number of rotatable bonds is 7. The first-order valence-corrected chi connectivity index (χ1v) is 6.85. The van der Waals surface area contributed by atoms with E-state index in [2.05, 4.69) is 48.5 Å². The Labute approximate surface area is 103 Å². The quantitative estimate of drug-likeness (QED) is 0.665. The van der Waals surface area contributed by atoms with E-state index in [4.69, 9.17) is 4.74 Å². The molecule has 0 amide bonds. The zero-order valence-electron chi connectivity index (χ0n) is 10.8. The zero-order valence-corrected chi connectivity index (χ0v) is 12.4. The molecule has 0 aromatic heterocycles. The molecule has 2 nitrogen and oxygen atoms in total. The van der Waals surface area contributed by atoms with E-state index in [1.807, 2.05) is 0 Å². The van der Waals surface area contributed by atoms with Crippen LogP contribution in [0.4, 0.5) is 0 Å². The third-order valence-electron chi connectivity index (χ3n) is 2.95. The summed E-state index contributed by atoms with van der Waals surface area (Å²) in [5, 5.41) is 1.07. The second-order valence-corrected chi connectivity index (χ2v) is 5.75. The Bertz CT molecular complexity index is 156. The normalized spacial score (nSPS) is 14.6. The van der Waals surface area contributed by atoms with Gasteiger partial charge in [-0.1, -0.05) is 43.6 Å². The molecular weight excluding hydrogens is 254 g/mol. The number of likely N-dealkylation sites (N-methyl/N-ethyl adjacent to an activating group) is 1. The minimum absolute atomic E-state index is 0.365. The lowest BCUT2D eigenvalue weighted by Gasteiger charge is -2.33. The second-order valence-electron chi connectivity index (χ2n) is 5.10. The lowest BCUT2D eigenvalue weighted by atomic mass is 9.82. The summed E-state index contributed by atoms with van der Waals surface area (Å²) in [6.07, 6.45) is 0. The van der Waals surface area contributed by atoms with Crippen molar-refractivity contribution in [3.8, 4) is 0 Å². The van der Waals surface area contributed by atoms with Gasteiger partial charge in [-0.05, 0) is 17.9 Å². The Morgan fingerprint density at radius 1 is 1.33 bits per heavy atom. The number of hydrogen-bond donors (Lipinski definition) is 0. The van der Waals surface area contributed by atoms with Gasteiger partial charge < -0.3 is 9.64 Å². The summed E-state index contributed by atoms with van der Waals surface area (Å²) in [7, 11) is 1.76. The van der Waals surface area contributed by atoms with Crippen molar-refractivity contribution in [2.45, 2.75) is 27.7 Å². The molecule has 0 aliphatic carbocycles. The number of methoxy groups -OCH3 is 1. The van der Waals surface area contributed by atoms with Crippen molar-refractivity contribution in [1.82, 2.24) is 4.90 Å². The Hall–Kier alpha value is 0.400. The molecule has 0 saturated heterocycles. The monoisotopic (exact) mass is 279 g/mol. The summed E-state index contributed by atoms with van der Waals surface area (Å²) in [5.41, 5.74) is 0.365. The van der Waals surface area contributed by atoms with E-state index < -0.39 is 0 Å². The smallest absolute Gasteiger partial charge is 0.0589 e. The molecule has 0 bridgehead atoms. The van der Waals surface area contributed by atoms with Crippen molar-refractivity contribution in [3.05, 3.63) is 0 Å². The highest BCUT2D eigenvalue weighted by molar-refractivity contribution is 9.09. The van der Waals surface area contributed by atoms with Gasteiger partial charge in [-0.15, -0.1) is 0 Å². The first-order valence-electron chi connectivity index (χ1n) is 5.73. The van der Waals surface area contributed by atoms with Crippen LogP contribution in [0.5, 0.6) is 0 Å². The number of hydrogen-bond acceptors (Lipinski definition) is 2. The molecular formula is C12H26BrNO. The fourth-order valence-electron chi connectivity index (χ4n) is 1.46. The van der Waals surface area contributed by atoms with Crippen molar-refractivity contribution in [2.24, 2.45) is 11.3 Å². The van der Waals surface area contributed by atoms with Gasteiger partial charge >= 0.3 is 0 Å². The largest absolute Gasteiger partial charge is 0.383 e. The molecule has 0 rings (SSSR count). The standard InChI is InChI=1S/C12H26BrNO/c1-6-14(7-8-15-5)10-11(9-13)12(2,3)4/h11H,6-10H2,1-5H3. The number of ether oxygens (including phenoxy) is 1. The maximum absolute atomic E-state index is 5.12. The van der Waals surface area contributed by atoms with E-state index in [1.54, 1.807) is 7.11 Å². The lowest BCUT2D eigenvalue weighted by molar-refractivity contribution is 0.120. The predicted octanol–water partition coefficient (Wildman–Crippen LogP) is 3.01. The van der Waals surface area contributed by atoms with Crippen LogP contribution in [-0.4, -0.2) is 43.6 Å². The summed E-state index contributed by atoms with van der Waals surface area (Å²) in [6, 6.07) is 0. The summed E-state index contributed by atoms with van der Waals surface area (Å²) in [4.78, 5) is 2.46. The van der Waals surface area contributed by atoms with E-state index >= 15 is 0 Å². The summed E-state index contributed by atoms with van der Waals surface area (Å²) < 4.78 is 5.12. The minimum atomic E-state index is 0.365. The fraction of sp³-hybridized carbons (Fsp3) is 1.00. The van der Waals surface area contributed by atoms with Gasteiger partial charge in [-0.3, -0.25) is 0 Å². The lowest BCUT2D eigenvalue weighted by Crippen LogP contribution is -2.38. The van der Waals surface area contributed by atoms with E-state index in [0.717, 1.165) is 31.6 Å². The topological polar surface area (TPSA) is 12.5 Å². The molecule has 1 atom stereocenters. The molecule has 15 heavy (non-hydrogen) atoms. The van der Waals surface area contributed by atoms with Crippen LogP contribution >= 0.6 is 15.9 Å². The number of nitrogens with zero attached hydrogens (tertiary/aromatic N) is 1. The molecule has 3 heteroatoms. The molecule has 0 spiro atoms. The highest BCUT2D eigenvalue weighted by Gasteiger charge is 2.25. The Morgan fingerprint density at radius 2 is 1.93 bits per heavy atom. The highest BCUT2D eigenvalue weighted by atomic mass is 79.9. The van der Waals surface area contributed by atoms with E-state index in [0.29, 0.717) is 11.3 Å². The summed E-state index contributed by atoms with van der Waals surface area (Å²) >= 11 is 3.62. The SMILES string of the molecule is CCN(CCOC)CC(CBr)C(C)(C)C. The van der Waals surface area contributed by atoms with Gasteiger partial charge in [-0.25, -0.2) is 0 Å². The van der Waals surface area contributed by atoms with E-state index in [-0.39, 0.29) is 0 Å². The third kappa shape index (κ3) is 6.54. The Morgan fingerprint density at radius 3 is 2.27 bits per heavy atom. The molecule has 92 valence electrons. The Kier molecular flexibility index (Phi) is 7.84. The van der Waals surface area contributed by atoms with Crippen molar-refractivity contribution >= 4 is 15.9 Å². The van der Waals surface area contributed by atoms with Crippen molar-refractivity contribution in [3.63, 3.8) is 0 Å².